The molecule has 8 heteroatoms. The van der Waals surface area contributed by atoms with Gasteiger partial charge in [0, 0.05) is 12.7 Å². The van der Waals surface area contributed by atoms with E-state index < -0.39 is 15.7 Å². The first-order valence-corrected chi connectivity index (χ1v) is 9.82. The third-order valence-corrected chi connectivity index (χ3v) is 5.49. The van der Waals surface area contributed by atoms with Crippen molar-refractivity contribution in [2.75, 3.05) is 20.8 Å². The van der Waals surface area contributed by atoms with E-state index in [9.17, 15) is 8.42 Å². The molecule has 2 aromatic carbocycles. The molecule has 0 saturated heterocycles. The van der Waals surface area contributed by atoms with Crippen LogP contribution in [0.1, 0.15) is 12.5 Å². The van der Waals surface area contributed by atoms with Gasteiger partial charge in [0.25, 0.3) is 0 Å². The molecule has 0 aliphatic heterocycles. The molecule has 0 heterocycles. The summed E-state index contributed by atoms with van der Waals surface area (Å²) in [7, 11) is -1.15. The highest BCUT2D eigenvalue weighted by Gasteiger charge is 2.39. The van der Waals surface area contributed by atoms with E-state index in [0.717, 1.165) is 0 Å². The van der Waals surface area contributed by atoms with Gasteiger partial charge >= 0.3 is 0 Å². The van der Waals surface area contributed by atoms with Gasteiger partial charge < -0.3 is 14.2 Å². The predicted molar refractivity (Wildman–Crippen MR) is 103 cm³/mol. The largest absolute Gasteiger partial charge is 0.496 e. The van der Waals surface area contributed by atoms with Gasteiger partial charge in [-0.15, -0.1) is 6.42 Å². The molecule has 0 aliphatic carbocycles. The molecule has 0 amide bonds. The lowest BCUT2D eigenvalue weighted by Gasteiger charge is -2.31. The highest BCUT2D eigenvalue weighted by atomic mass is 35.5. The fraction of sp³-hybridized carbons (Fsp3) is 0.263. The van der Waals surface area contributed by atoms with Gasteiger partial charge in [-0.05, 0) is 31.0 Å². The van der Waals surface area contributed by atoms with Gasteiger partial charge in [-0.25, -0.2) is 8.42 Å². The molecule has 0 aliphatic rings. The summed E-state index contributed by atoms with van der Waals surface area (Å²) in [4.78, 5) is 0.0456. The second-order valence-electron chi connectivity index (χ2n) is 5.36. The number of terminal acetylenes is 1. The first-order chi connectivity index (χ1) is 12.8. The van der Waals surface area contributed by atoms with E-state index in [1.807, 2.05) is 0 Å². The third kappa shape index (κ3) is 4.37. The first-order valence-electron chi connectivity index (χ1n) is 7.96. The number of sulfonamides is 1. The van der Waals surface area contributed by atoms with Gasteiger partial charge in [0.2, 0.25) is 15.7 Å². The zero-order valence-electron chi connectivity index (χ0n) is 15.2. The quantitative estimate of drug-likeness (QED) is 0.535. The Hall–Kier alpha value is -2.24. The number of methoxy groups -OCH3 is 2. The van der Waals surface area contributed by atoms with E-state index in [1.54, 1.807) is 25.1 Å². The average molecular weight is 410 g/mol. The summed E-state index contributed by atoms with van der Waals surface area (Å²) in [5.74, 6) is 2.96. The van der Waals surface area contributed by atoms with Crippen molar-refractivity contribution in [3.8, 4) is 23.8 Å². The summed E-state index contributed by atoms with van der Waals surface area (Å²) >= 11 is 6.14. The Morgan fingerprint density at radius 2 is 1.78 bits per heavy atom. The number of hydrogen-bond donors (Lipinski definition) is 1. The standard InChI is InChI=1S/C19H20ClNO5S/c1-5-19(26-6-2,21-27(22,23)14-10-8-7-9-11-14)15-12-18(25-4)16(20)13-17(15)24-3/h1,7-13,21H,6H2,2-4H3. The van der Waals surface area contributed by atoms with Crippen LogP contribution in [0, 0.1) is 12.3 Å². The van der Waals surface area contributed by atoms with Crippen LogP contribution < -0.4 is 14.2 Å². The van der Waals surface area contributed by atoms with Crippen LogP contribution in [0.5, 0.6) is 11.5 Å². The molecule has 0 fully saturated rings. The second-order valence-corrected chi connectivity index (χ2v) is 7.45. The summed E-state index contributed by atoms with van der Waals surface area (Å²) in [5, 5.41) is 0.284. The summed E-state index contributed by atoms with van der Waals surface area (Å²) in [5.41, 5.74) is -1.58. The first kappa shape index (κ1) is 21.1. The maximum Gasteiger partial charge on any atom is 0.243 e. The molecule has 0 saturated carbocycles. The minimum atomic E-state index is -4.00. The lowest BCUT2D eigenvalue weighted by Crippen LogP contribution is -2.47. The Balaban J connectivity index is 2.67. The number of hydrogen-bond acceptors (Lipinski definition) is 5. The molecule has 0 spiro atoms. The van der Waals surface area contributed by atoms with Crippen LogP contribution in [0.3, 0.4) is 0 Å². The number of rotatable bonds is 8. The molecular formula is C19H20ClNO5S. The van der Waals surface area contributed by atoms with Crippen LogP contribution >= 0.6 is 11.6 Å². The van der Waals surface area contributed by atoms with E-state index in [2.05, 4.69) is 10.6 Å². The van der Waals surface area contributed by atoms with Crippen LogP contribution in [0.25, 0.3) is 0 Å². The molecule has 0 radical (unpaired) electrons. The Kier molecular flexibility index (Phi) is 6.73. The SMILES string of the molecule is C#CC(NS(=O)(=O)c1ccccc1)(OCC)c1cc(OC)c(Cl)cc1OC. The summed E-state index contributed by atoms with van der Waals surface area (Å²) < 4.78 is 44.5. The molecule has 2 aromatic rings. The van der Waals surface area contributed by atoms with Crippen LogP contribution in [0.4, 0.5) is 0 Å². The lowest BCUT2D eigenvalue weighted by atomic mass is 10.0. The van der Waals surface area contributed by atoms with Crippen molar-refractivity contribution in [3.05, 3.63) is 53.1 Å². The monoisotopic (exact) mass is 409 g/mol. The molecule has 144 valence electrons. The van der Waals surface area contributed by atoms with Crippen LogP contribution in [-0.2, 0) is 20.5 Å². The average Bonchev–Trinajstić information content (AvgIpc) is 2.67. The molecule has 6 nitrogen and oxygen atoms in total. The van der Waals surface area contributed by atoms with Gasteiger partial charge in [-0.3, -0.25) is 0 Å². The molecule has 0 bridgehead atoms. The topological polar surface area (TPSA) is 73.9 Å². The molecule has 27 heavy (non-hydrogen) atoms. The maximum absolute atomic E-state index is 12.9. The maximum atomic E-state index is 12.9. The van der Waals surface area contributed by atoms with Gasteiger partial charge in [-0.1, -0.05) is 29.8 Å². The normalized spacial score (nSPS) is 13.4. The molecular weight excluding hydrogens is 390 g/mol. The Morgan fingerprint density at radius 1 is 1.15 bits per heavy atom. The minimum Gasteiger partial charge on any atom is -0.496 e. The minimum absolute atomic E-state index is 0.0456. The zero-order valence-corrected chi connectivity index (χ0v) is 16.7. The van der Waals surface area contributed by atoms with Crippen LogP contribution in [-0.4, -0.2) is 29.2 Å². The zero-order chi connectivity index (χ0) is 20.1. The number of halogens is 1. The molecule has 1 atom stereocenters. The number of ether oxygens (including phenoxy) is 3. The molecule has 1 unspecified atom stereocenters. The Morgan fingerprint density at radius 3 is 2.30 bits per heavy atom. The number of benzene rings is 2. The fourth-order valence-electron chi connectivity index (χ4n) is 2.51. The predicted octanol–water partition coefficient (Wildman–Crippen LogP) is 3.16. The van der Waals surface area contributed by atoms with Crippen molar-refractivity contribution in [3.63, 3.8) is 0 Å². The summed E-state index contributed by atoms with van der Waals surface area (Å²) in [6.45, 7) is 1.83. The van der Waals surface area contributed by atoms with Crippen molar-refractivity contribution in [2.24, 2.45) is 0 Å². The molecule has 0 aromatic heterocycles. The fourth-order valence-corrected chi connectivity index (χ4v) is 3.98. The van der Waals surface area contributed by atoms with E-state index >= 15 is 0 Å². The van der Waals surface area contributed by atoms with Gasteiger partial charge in [0.15, 0.2) is 0 Å². The van der Waals surface area contributed by atoms with Crippen molar-refractivity contribution in [1.82, 2.24) is 4.72 Å². The summed E-state index contributed by atoms with van der Waals surface area (Å²) in [6.07, 6.45) is 5.73. The number of nitrogens with one attached hydrogen (secondary N) is 1. The van der Waals surface area contributed by atoms with Gasteiger partial charge in [0.05, 0.1) is 29.7 Å². The molecule has 1 N–H and O–H groups in total. The van der Waals surface area contributed by atoms with E-state index in [-0.39, 0.29) is 27.8 Å². The summed E-state index contributed by atoms with van der Waals surface area (Å²) in [6, 6.07) is 10.8. The van der Waals surface area contributed by atoms with Crippen LogP contribution in [0.2, 0.25) is 5.02 Å². The Bertz CT molecular complexity index is 941. The Labute approximate surface area is 164 Å². The molecule has 2 rings (SSSR count). The van der Waals surface area contributed by atoms with Gasteiger partial charge in [0.1, 0.15) is 11.5 Å². The smallest absolute Gasteiger partial charge is 0.243 e. The lowest BCUT2D eigenvalue weighted by molar-refractivity contribution is -0.00708. The van der Waals surface area contributed by atoms with Crippen molar-refractivity contribution < 1.29 is 22.6 Å². The van der Waals surface area contributed by atoms with Crippen LogP contribution in [0.15, 0.2) is 47.4 Å². The van der Waals surface area contributed by atoms with Crippen molar-refractivity contribution in [2.45, 2.75) is 17.5 Å². The second kappa shape index (κ2) is 8.63. The highest BCUT2D eigenvalue weighted by molar-refractivity contribution is 7.89. The highest BCUT2D eigenvalue weighted by Crippen LogP contribution is 2.39. The third-order valence-electron chi connectivity index (χ3n) is 3.75. The van der Waals surface area contributed by atoms with E-state index in [4.69, 9.17) is 32.2 Å². The van der Waals surface area contributed by atoms with Gasteiger partial charge in [-0.2, -0.15) is 4.72 Å². The van der Waals surface area contributed by atoms with E-state index in [0.29, 0.717) is 5.75 Å². The van der Waals surface area contributed by atoms with Crippen molar-refractivity contribution in [1.29, 1.82) is 0 Å². The van der Waals surface area contributed by atoms with E-state index in [1.165, 1.54) is 38.5 Å². The van der Waals surface area contributed by atoms with Crippen molar-refractivity contribution >= 4 is 21.6 Å².